The van der Waals surface area contributed by atoms with Gasteiger partial charge in [-0.05, 0) is 24.3 Å². The summed E-state index contributed by atoms with van der Waals surface area (Å²) in [7, 11) is 0. The molecule has 19 heavy (non-hydrogen) atoms. The largest absolute Gasteiger partial charge is 0.322 e. The fourth-order valence-corrected chi connectivity index (χ4v) is 1.45. The number of nitriles is 1. The second-order valence-electron chi connectivity index (χ2n) is 3.62. The number of amides is 1. The van der Waals surface area contributed by atoms with Gasteiger partial charge in [0.05, 0.1) is 17.2 Å². The van der Waals surface area contributed by atoms with E-state index < -0.39 is 23.1 Å². The summed E-state index contributed by atoms with van der Waals surface area (Å²) in [4.78, 5) is 15.6. The van der Waals surface area contributed by atoms with Crippen molar-refractivity contribution in [1.82, 2.24) is 4.98 Å². The summed E-state index contributed by atoms with van der Waals surface area (Å²) < 4.78 is 26.7. The Kier molecular flexibility index (Phi) is 3.48. The number of hydrogen-bond donors (Lipinski definition) is 1. The molecule has 2 rings (SSSR count). The van der Waals surface area contributed by atoms with Crippen LogP contribution in [0, 0.1) is 23.0 Å². The Morgan fingerprint density at radius 3 is 2.58 bits per heavy atom. The van der Waals surface area contributed by atoms with E-state index in [4.69, 9.17) is 5.26 Å². The third-order valence-corrected chi connectivity index (χ3v) is 2.34. The number of hydrogen-bond acceptors (Lipinski definition) is 3. The lowest BCUT2D eigenvalue weighted by Gasteiger charge is -2.06. The number of carbonyl (C=O) groups excluding carboxylic acids is 1. The molecule has 6 heteroatoms. The second kappa shape index (κ2) is 5.23. The average molecular weight is 259 g/mol. The van der Waals surface area contributed by atoms with Crippen LogP contribution >= 0.6 is 0 Å². The number of rotatable bonds is 2. The maximum absolute atomic E-state index is 13.5. The zero-order valence-electron chi connectivity index (χ0n) is 9.52. The average Bonchev–Trinajstić information content (AvgIpc) is 2.42. The predicted molar refractivity (Wildman–Crippen MR) is 63.3 cm³/mol. The molecular formula is C13H7F2N3O. The van der Waals surface area contributed by atoms with Gasteiger partial charge in [-0.15, -0.1) is 0 Å². The first-order valence-corrected chi connectivity index (χ1v) is 5.22. The summed E-state index contributed by atoms with van der Waals surface area (Å²) in [6.45, 7) is 0. The van der Waals surface area contributed by atoms with Gasteiger partial charge in [-0.3, -0.25) is 9.78 Å². The molecule has 0 aliphatic rings. The molecule has 1 aromatic heterocycles. The Bertz CT molecular complexity index is 666. The number of pyridine rings is 1. The fraction of sp³-hybridized carbons (Fsp3) is 0. The van der Waals surface area contributed by atoms with Crippen molar-refractivity contribution in [3.05, 3.63) is 59.4 Å². The maximum atomic E-state index is 13.5. The number of carbonyl (C=O) groups is 1. The van der Waals surface area contributed by atoms with E-state index in [1.54, 1.807) is 6.07 Å². The van der Waals surface area contributed by atoms with Gasteiger partial charge in [0.1, 0.15) is 0 Å². The molecule has 0 aliphatic carbocycles. The van der Waals surface area contributed by atoms with Crippen molar-refractivity contribution in [2.75, 3.05) is 5.32 Å². The third kappa shape index (κ3) is 2.72. The minimum absolute atomic E-state index is 0.126. The molecule has 1 N–H and O–H groups in total. The van der Waals surface area contributed by atoms with Gasteiger partial charge < -0.3 is 5.32 Å². The van der Waals surface area contributed by atoms with Gasteiger partial charge in [0.25, 0.3) is 5.91 Å². The van der Waals surface area contributed by atoms with E-state index >= 15 is 0 Å². The summed E-state index contributed by atoms with van der Waals surface area (Å²) >= 11 is 0. The Morgan fingerprint density at radius 2 is 1.95 bits per heavy atom. The lowest BCUT2D eigenvalue weighted by molar-refractivity contribution is 0.102. The minimum atomic E-state index is -1.29. The van der Waals surface area contributed by atoms with Gasteiger partial charge in [-0.1, -0.05) is 0 Å². The maximum Gasteiger partial charge on any atom is 0.258 e. The van der Waals surface area contributed by atoms with Crippen molar-refractivity contribution >= 4 is 11.6 Å². The topological polar surface area (TPSA) is 65.8 Å². The highest BCUT2D eigenvalue weighted by Crippen LogP contribution is 2.16. The molecule has 2 aromatic rings. The van der Waals surface area contributed by atoms with Gasteiger partial charge in [-0.25, -0.2) is 8.78 Å². The van der Waals surface area contributed by atoms with Crippen LogP contribution in [0.1, 0.15) is 15.9 Å². The summed E-state index contributed by atoms with van der Waals surface area (Å²) in [5, 5.41) is 11.1. The van der Waals surface area contributed by atoms with Crippen LogP contribution in [0.15, 0.2) is 36.7 Å². The third-order valence-electron chi connectivity index (χ3n) is 2.34. The van der Waals surface area contributed by atoms with E-state index in [-0.39, 0.29) is 5.56 Å². The normalized spacial score (nSPS) is 9.74. The molecule has 0 unspecified atom stereocenters. The molecule has 0 saturated carbocycles. The minimum Gasteiger partial charge on any atom is -0.322 e. The van der Waals surface area contributed by atoms with Crippen LogP contribution < -0.4 is 5.32 Å². The molecule has 0 atom stereocenters. The molecule has 94 valence electrons. The van der Waals surface area contributed by atoms with Gasteiger partial charge in [0.2, 0.25) is 0 Å². The summed E-state index contributed by atoms with van der Waals surface area (Å²) in [6, 6.07) is 6.39. The Morgan fingerprint density at radius 1 is 1.26 bits per heavy atom. The Hall–Kier alpha value is -2.81. The molecule has 0 fully saturated rings. The fourth-order valence-electron chi connectivity index (χ4n) is 1.45. The molecule has 1 aromatic carbocycles. The smallest absolute Gasteiger partial charge is 0.258 e. The summed E-state index contributed by atoms with van der Waals surface area (Å²) in [5.74, 6) is -3.36. The van der Waals surface area contributed by atoms with Gasteiger partial charge >= 0.3 is 0 Å². The van der Waals surface area contributed by atoms with Crippen molar-refractivity contribution in [1.29, 1.82) is 5.26 Å². The quantitative estimate of drug-likeness (QED) is 0.901. The molecule has 0 bridgehead atoms. The SMILES string of the molecule is N#Cc1cc(F)c(F)c(C(=O)Nc2ccncc2)c1. The second-order valence-corrected chi connectivity index (χ2v) is 3.62. The molecule has 1 heterocycles. The van der Waals surface area contributed by atoms with E-state index in [1.165, 1.54) is 24.5 Å². The summed E-state index contributed by atoms with van der Waals surface area (Å²) in [5.41, 5.74) is -0.255. The molecule has 0 saturated heterocycles. The van der Waals surface area contributed by atoms with Crippen LogP contribution in [0.25, 0.3) is 0 Å². The van der Waals surface area contributed by atoms with E-state index in [0.29, 0.717) is 5.69 Å². The summed E-state index contributed by atoms with van der Waals surface area (Å²) in [6.07, 6.45) is 2.89. The van der Waals surface area contributed by atoms with Gasteiger partial charge in [0.15, 0.2) is 11.6 Å². The number of nitrogens with zero attached hydrogens (tertiary/aromatic N) is 2. The first-order chi connectivity index (χ1) is 9.11. The van der Waals surface area contributed by atoms with Crippen LogP contribution in [0.3, 0.4) is 0 Å². The lowest BCUT2D eigenvalue weighted by Crippen LogP contribution is -2.15. The highest BCUT2D eigenvalue weighted by atomic mass is 19.2. The zero-order chi connectivity index (χ0) is 13.8. The molecule has 1 amide bonds. The van der Waals surface area contributed by atoms with Crippen LogP contribution in [-0.2, 0) is 0 Å². The van der Waals surface area contributed by atoms with Crippen molar-refractivity contribution < 1.29 is 13.6 Å². The first kappa shape index (κ1) is 12.6. The molecule has 0 aliphatic heterocycles. The van der Waals surface area contributed by atoms with Crippen molar-refractivity contribution in [2.45, 2.75) is 0 Å². The van der Waals surface area contributed by atoms with Crippen LogP contribution in [0.5, 0.6) is 0 Å². The van der Waals surface area contributed by atoms with Crippen molar-refractivity contribution in [2.24, 2.45) is 0 Å². The number of halogens is 2. The van der Waals surface area contributed by atoms with E-state index in [1.807, 2.05) is 0 Å². The Labute approximate surface area is 107 Å². The first-order valence-electron chi connectivity index (χ1n) is 5.22. The predicted octanol–water partition coefficient (Wildman–Crippen LogP) is 2.48. The monoisotopic (exact) mass is 259 g/mol. The number of benzene rings is 1. The molecular weight excluding hydrogens is 252 g/mol. The number of nitrogens with one attached hydrogen (secondary N) is 1. The van der Waals surface area contributed by atoms with Crippen LogP contribution in [0.2, 0.25) is 0 Å². The van der Waals surface area contributed by atoms with Crippen LogP contribution in [-0.4, -0.2) is 10.9 Å². The molecule has 0 radical (unpaired) electrons. The highest BCUT2D eigenvalue weighted by Gasteiger charge is 2.17. The highest BCUT2D eigenvalue weighted by molar-refractivity contribution is 6.04. The van der Waals surface area contributed by atoms with Crippen LogP contribution in [0.4, 0.5) is 14.5 Å². The Balaban J connectivity index is 2.34. The van der Waals surface area contributed by atoms with E-state index in [0.717, 1.165) is 12.1 Å². The standard InChI is InChI=1S/C13H7F2N3O/c14-11-6-8(7-16)5-10(12(11)15)13(19)18-9-1-3-17-4-2-9/h1-6H,(H,17,18,19). The zero-order valence-corrected chi connectivity index (χ0v) is 9.52. The molecule has 4 nitrogen and oxygen atoms in total. The van der Waals surface area contributed by atoms with Crippen molar-refractivity contribution in [3.8, 4) is 6.07 Å². The van der Waals surface area contributed by atoms with Gasteiger partial charge in [-0.2, -0.15) is 5.26 Å². The van der Waals surface area contributed by atoms with Gasteiger partial charge in [0, 0.05) is 18.1 Å². The number of aromatic nitrogens is 1. The van der Waals surface area contributed by atoms with E-state index in [9.17, 15) is 13.6 Å². The lowest BCUT2D eigenvalue weighted by atomic mass is 10.1. The van der Waals surface area contributed by atoms with Crippen molar-refractivity contribution in [3.63, 3.8) is 0 Å². The number of anilines is 1. The van der Waals surface area contributed by atoms with E-state index in [2.05, 4.69) is 10.3 Å². The molecule has 0 spiro atoms.